The number of hydrogen-bond acceptors (Lipinski definition) is 5. The standard InChI is InChI=1S/C12H14Cl2O5S/c1-7(8-4-5-9(13)10(14)6-8)11(12(15)18-2)19-20(3,16)17/h4-7,11H,1-3H3/t7-,11-/m1/s1. The fourth-order valence-electron chi connectivity index (χ4n) is 1.60. The first-order valence-corrected chi connectivity index (χ1v) is 8.14. The maximum atomic E-state index is 11.7. The van der Waals surface area contributed by atoms with Crippen molar-refractivity contribution in [1.29, 1.82) is 0 Å². The van der Waals surface area contributed by atoms with Crippen LogP contribution in [0.3, 0.4) is 0 Å². The largest absolute Gasteiger partial charge is 0.467 e. The number of ether oxygens (including phenoxy) is 1. The molecule has 20 heavy (non-hydrogen) atoms. The van der Waals surface area contributed by atoms with E-state index < -0.39 is 28.1 Å². The van der Waals surface area contributed by atoms with E-state index in [0.717, 1.165) is 13.4 Å². The minimum absolute atomic E-state index is 0.305. The SMILES string of the molecule is COC(=O)[C@H](OS(C)(=O)=O)[C@H](C)c1ccc(Cl)c(Cl)c1. The number of benzene rings is 1. The molecule has 5 nitrogen and oxygen atoms in total. The normalized spacial score (nSPS) is 14.7. The molecule has 0 fully saturated rings. The molecule has 0 N–H and O–H groups in total. The number of rotatable bonds is 5. The Morgan fingerprint density at radius 2 is 1.85 bits per heavy atom. The van der Waals surface area contributed by atoms with Gasteiger partial charge in [0.25, 0.3) is 10.1 Å². The van der Waals surface area contributed by atoms with Gasteiger partial charge in [0.15, 0.2) is 6.10 Å². The summed E-state index contributed by atoms with van der Waals surface area (Å²) in [7, 11) is -2.65. The summed E-state index contributed by atoms with van der Waals surface area (Å²) >= 11 is 11.7. The van der Waals surface area contributed by atoms with Gasteiger partial charge >= 0.3 is 5.97 Å². The highest BCUT2D eigenvalue weighted by Crippen LogP contribution is 2.29. The Labute approximate surface area is 127 Å². The first kappa shape index (κ1) is 17.2. The van der Waals surface area contributed by atoms with Gasteiger partial charge in [0.1, 0.15) is 0 Å². The molecule has 1 aromatic carbocycles. The van der Waals surface area contributed by atoms with Crippen LogP contribution >= 0.6 is 23.2 Å². The number of hydrogen-bond donors (Lipinski definition) is 0. The molecule has 2 atom stereocenters. The van der Waals surface area contributed by atoms with E-state index in [4.69, 9.17) is 27.4 Å². The summed E-state index contributed by atoms with van der Waals surface area (Å²) in [5, 5.41) is 0.667. The Morgan fingerprint density at radius 3 is 2.30 bits per heavy atom. The van der Waals surface area contributed by atoms with E-state index in [-0.39, 0.29) is 0 Å². The molecule has 1 aromatic rings. The summed E-state index contributed by atoms with van der Waals surface area (Å²) < 4.78 is 31.8. The highest BCUT2D eigenvalue weighted by Gasteiger charge is 2.32. The molecular weight excluding hydrogens is 327 g/mol. The van der Waals surface area contributed by atoms with Crippen LogP contribution < -0.4 is 0 Å². The van der Waals surface area contributed by atoms with Crippen LogP contribution in [0.2, 0.25) is 10.0 Å². The van der Waals surface area contributed by atoms with Gasteiger partial charge in [-0.05, 0) is 17.7 Å². The van der Waals surface area contributed by atoms with Gasteiger partial charge in [-0.25, -0.2) is 4.79 Å². The van der Waals surface area contributed by atoms with E-state index in [1.165, 1.54) is 0 Å². The molecule has 0 saturated carbocycles. The van der Waals surface area contributed by atoms with E-state index in [1.807, 2.05) is 0 Å². The fourth-order valence-corrected chi connectivity index (χ4v) is 2.53. The van der Waals surface area contributed by atoms with Crippen molar-refractivity contribution in [2.75, 3.05) is 13.4 Å². The smallest absolute Gasteiger partial charge is 0.337 e. The van der Waals surface area contributed by atoms with Crippen LogP contribution in [-0.2, 0) is 23.8 Å². The second-order valence-corrected chi connectivity index (χ2v) is 6.62. The topological polar surface area (TPSA) is 69.7 Å². The minimum atomic E-state index is -3.81. The molecule has 112 valence electrons. The second kappa shape index (κ2) is 6.76. The Morgan fingerprint density at radius 1 is 1.25 bits per heavy atom. The zero-order valence-electron chi connectivity index (χ0n) is 11.1. The molecule has 0 unspecified atom stereocenters. The number of halogens is 2. The maximum absolute atomic E-state index is 11.7. The maximum Gasteiger partial charge on any atom is 0.337 e. The Balaban J connectivity index is 3.12. The summed E-state index contributed by atoms with van der Waals surface area (Å²) in [4.78, 5) is 11.7. The van der Waals surface area contributed by atoms with Crippen LogP contribution in [0, 0.1) is 0 Å². The molecule has 0 heterocycles. The summed E-state index contributed by atoms with van der Waals surface area (Å²) in [6.45, 7) is 1.63. The molecular formula is C12H14Cl2O5S. The minimum Gasteiger partial charge on any atom is -0.467 e. The average molecular weight is 341 g/mol. The quantitative estimate of drug-likeness (QED) is 0.608. The van der Waals surface area contributed by atoms with Gasteiger partial charge in [0.05, 0.1) is 23.4 Å². The zero-order chi connectivity index (χ0) is 15.5. The Hall–Kier alpha value is -0.820. The third-order valence-electron chi connectivity index (χ3n) is 2.64. The Kier molecular flexibility index (Phi) is 5.82. The third kappa shape index (κ3) is 4.63. The summed E-state index contributed by atoms with van der Waals surface area (Å²) in [5.41, 5.74) is 0.610. The highest BCUT2D eigenvalue weighted by atomic mass is 35.5. The summed E-state index contributed by atoms with van der Waals surface area (Å²) in [5.74, 6) is -1.36. The molecule has 0 amide bonds. The van der Waals surface area contributed by atoms with Crippen LogP contribution in [0.4, 0.5) is 0 Å². The van der Waals surface area contributed by atoms with Gasteiger partial charge in [-0.15, -0.1) is 0 Å². The lowest BCUT2D eigenvalue weighted by Gasteiger charge is -2.21. The third-order valence-corrected chi connectivity index (χ3v) is 3.93. The second-order valence-electron chi connectivity index (χ2n) is 4.21. The molecule has 0 aliphatic heterocycles. The van der Waals surface area contributed by atoms with Crippen LogP contribution in [0.15, 0.2) is 18.2 Å². The van der Waals surface area contributed by atoms with Crippen molar-refractivity contribution >= 4 is 39.3 Å². The van der Waals surface area contributed by atoms with Gasteiger partial charge in [0.2, 0.25) is 0 Å². The molecule has 0 bridgehead atoms. The lowest BCUT2D eigenvalue weighted by Crippen LogP contribution is -2.33. The van der Waals surface area contributed by atoms with Gasteiger partial charge in [-0.2, -0.15) is 8.42 Å². The number of carbonyl (C=O) groups is 1. The van der Waals surface area contributed by atoms with E-state index >= 15 is 0 Å². The number of esters is 1. The van der Waals surface area contributed by atoms with Crippen LogP contribution in [0.1, 0.15) is 18.4 Å². The molecule has 0 aromatic heterocycles. The van der Waals surface area contributed by atoms with E-state index in [2.05, 4.69) is 4.74 Å². The Bertz CT molecular complexity index is 600. The summed E-state index contributed by atoms with van der Waals surface area (Å²) in [6, 6.07) is 4.75. The van der Waals surface area contributed by atoms with E-state index in [0.29, 0.717) is 15.6 Å². The van der Waals surface area contributed by atoms with Crippen LogP contribution in [0.25, 0.3) is 0 Å². The summed E-state index contributed by atoms with van der Waals surface area (Å²) in [6.07, 6.45) is -0.419. The average Bonchev–Trinajstić information content (AvgIpc) is 2.36. The zero-order valence-corrected chi connectivity index (χ0v) is 13.4. The molecule has 0 aliphatic rings. The fraction of sp³-hybridized carbons (Fsp3) is 0.417. The molecule has 0 saturated heterocycles. The van der Waals surface area contributed by atoms with Crippen molar-refractivity contribution in [3.8, 4) is 0 Å². The molecule has 1 rings (SSSR count). The lowest BCUT2D eigenvalue weighted by atomic mass is 9.95. The van der Waals surface area contributed by atoms with Crippen molar-refractivity contribution in [3.05, 3.63) is 33.8 Å². The van der Waals surface area contributed by atoms with Gasteiger partial charge in [-0.1, -0.05) is 36.2 Å². The lowest BCUT2D eigenvalue weighted by molar-refractivity contribution is -0.149. The van der Waals surface area contributed by atoms with Crippen molar-refractivity contribution in [1.82, 2.24) is 0 Å². The number of methoxy groups -OCH3 is 1. The first-order chi connectivity index (χ1) is 9.15. The van der Waals surface area contributed by atoms with Crippen LogP contribution in [0.5, 0.6) is 0 Å². The van der Waals surface area contributed by atoms with Crippen molar-refractivity contribution in [2.24, 2.45) is 0 Å². The van der Waals surface area contributed by atoms with Crippen molar-refractivity contribution in [3.63, 3.8) is 0 Å². The van der Waals surface area contributed by atoms with Gasteiger partial charge in [0, 0.05) is 5.92 Å². The molecule has 0 spiro atoms. The predicted molar refractivity (Wildman–Crippen MR) is 76.6 cm³/mol. The van der Waals surface area contributed by atoms with E-state index in [9.17, 15) is 13.2 Å². The van der Waals surface area contributed by atoms with Gasteiger partial charge in [-0.3, -0.25) is 4.18 Å². The van der Waals surface area contributed by atoms with Gasteiger partial charge < -0.3 is 4.74 Å². The van der Waals surface area contributed by atoms with Crippen molar-refractivity contribution < 1.29 is 22.1 Å². The van der Waals surface area contributed by atoms with E-state index in [1.54, 1.807) is 25.1 Å². The number of carbonyl (C=O) groups excluding carboxylic acids is 1. The van der Waals surface area contributed by atoms with Crippen molar-refractivity contribution in [2.45, 2.75) is 18.9 Å². The first-order valence-electron chi connectivity index (χ1n) is 5.56. The van der Waals surface area contributed by atoms with Crippen LogP contribution in [-0.4, -0.2) is 33.9 Å². The predicted octanol–water partition coefficient (Wildman–Crippen LogP) is 2.61. The molecule has 0 aliphatic carbocycles. The molecule has 0 radical (unpaired) electrons. The molecule has 8 heteroatoms. The monoisotopic (exact) mass is 340 g/mol. The highest BCUT2D eigenvalue weighted by molar-refractivity contribution is 7.86.